The Labute approximate surface area is 64.7 Å². The van der Waals surface area contributed by atoms with E-state index in [2.05, 4.69) is 15.3 Å². The second-order valence-corrected chi connectivity index (χ2v) is 2.10. The monoisotopic (exact) mass is 155 g/mol. The van der Waals surface area contributed by atoms with E-state index in [1.54, 1.807) is 19.2 Å². The molecule has 60 valence electrons. The van der Waals surface area contributed by atoms with E-state index < -0.39 is 0 Å². The van der Waals surface area contributed by atoms with Crippen molar-refractivity contribution in [3.63, 3.8) is 0 Å². The molecular formula is C7H10FN3. The molecule has 0 spiro atoms. The third-order valence-electron chi connectivity index (χ3n) is 1.18. The highest BCUT2D eigenvalue weighted by atomic mass is 19.1. The highest BCUT2D eigenvalue weighted by Gasteiger charge is 1.92. The molecular weight excluding hydrogens is 145 g/mol. The summed E-state index contributed by atoms with van der Waals surface area (Å²) in [5, 5.41) is 2.81. The standard InChI is InChI=1S/C7H10FN3/c1-6-9-4-2-7(11-6)10-5-3-8/h2,4H,3,5H2,1H3,(H,9,10,11). The molecule has 0 bridgehead atoms. The lowest BCUT2D eigenvalue weighted by atomic mass is 10.5. The molecule has 1 N–H and O–H groups in total. The predicted molar refractivity (Wildman–Crippen MR) is 41.2 cm³/mol. The van der Waals surface area contributed by atoms with Gasteiger partial charge in [-0.05, 0) is 13.0 Å². The average molecular weight is 155 g/mol. The summed E-state index contributed by atoms with van der Waals surface area (Å²) in [5.41, 5.74) is 0. The summed E-state index contributed by atoms with van der Waals surface area (Å²) in [4.78, 5) is 7.92. The van der Waals surface area contributed by atoms with Gasteiger partial charge in [-0.2, -0.15) is 0 Å². The van der Waals surface area contributed by atoms with Crippen molar-refractivity contribution in [2.45, 2.75) is 6.92 Å². The topological polar surface area (TPSA) is 37.8 Å². The zero-order valence-electron chi connectivity index (χ0n) is 6.34. The van der Waals surface area contributed by atoms with E-state index in [9.17, 15) is 4.39 Å². The first-order chi connectivity index (χ1) is 5.33. The van der Waals surface area contributed by atoms with Crippen molar-refractivity contribution in [2.75, 3.05) is 18.5 Å². The van der Waals surface area contributed by atoms with Crippen molar-refractivity contribution in [3.8, 4) is 0 Å². The van der Waals surface area contributed by atoms with Crippen molar-refractivity contribution in [3.05, 3.63) is 18.1 Å². The third-order valence-corrected chi connectivity index (χ3v) is 1.18. The van der Waals surface area contributed by atoms with Crippen LogP contribution in [0.1, 0.15) is 5.82 Å². The zero-order chi connectivity index (χ0) is 8.10. The van der Waals surface area contributed by atoms with Crippen LogP contribution in [0.4, 0.5) is 10.2 Å². The van der Waals surface area contributed by atoms with E-state index in [0.29, 0.717) is 18.2 Å². The average Bonchev–Trinajstić information content (AvgIpc) is 2.01. The molecule has 1 heterocycles. The third kappa shape index (κ3) is 2.49. The lowest BCUT2D eigenvalue weighted by molar-refractivity contribution is 0.512. The minimum atomic E-state index is -0.386. The first kappa shape index (κ1) is 7.91. The molecule has 0 atom stereocenters. The van der Waals surface area contributed by atoms with Gasteiger partial charge >= 0.3 is 0 Å². The van der Waals surface area contributed by atoms with Gasteiger partial charge in [0.15, 0.2) is 0 Å². The number of nitrogens with one attached hydrogen (secondary N) is 1. The Morgan fingerprint density at radius 3 is 3.09 bits per heavy atom. The summed E-state index contributed by atoms with van der Waals surface area (Å²) in [7, 11) is 0. The molecule has 0 radical (unpaired) electrons. The molecule has 0 aliphatic rings. The fraction of sp³-hybridized carbons (Fsp3) is 0.429. The van der Waals surface area contributed by atoms with Crippen molar-refractivity contribution in [1.82, 2.24) is 9.97 Å². The molecule has 0 saturated heterocycles. The van der Waals surface area contributed by atoms with Gasteiger partial charge < -0.3 is 5.32 Å². The first-order valence-corrected chi connectivity index (χ1v) is 3.42. The maximum Gasteiger partial charge on any atom is 0.129 e. The fourth-order valence-corrected chi connectivity index (χ4v) is 0.730. The van der Waals surface area contributed by atoms with E-state index in [1.165, 1.54) is 0 Å². The van der Waals surface area contributed by atoms with Crippen LogP contribution in [0.3, 0.4) is 0 Å². The summed E-state index contributed by atoms with van der Waals surface area (Å²) in [6, 6.07) is 1.71. The van der Waals surface area contributed by atoms with Crippen molar-refractivity contribution in [2.24, 2.45) is 0 Å². The molecule has 0 aliphatic carbocycles. The molecule has 0 saturated carbocycles. The minimum Gasteiger partial charge on any atom is -0.367 e. The summed E-state index contributed by atoms with van der Waals surface area (Å²) < 4.78 is 11.7. The van der Waals surface area contributed by atoms with E-state index in [4.69, 9.17) is 0 Å². The van der Waals surface area contributed by atoms with Gasteiger partial charge in [0.2, 0.25) is 0 Å². The lowest BCUT2D eigenvalue weighted by Gasteiger charge is -2.01. The minimum absolute atomic E-state index is 0.302. The molecule has 0 aromatic carbocycles. The van der Waals surface area contributed by atoms with Crippen LogP contribution in [0.2, 0.25) is 0 Å². The van der Waals surface area contributed by atoms with Crippen LogP contribution in [0, 0.1) is 6.92 Å². The van der Waals surface area contributed by atoms with Gasteiger partial charge in [-0.15, -0.1) is 0 Å². The molecule has 4 heteroatoms. The Morgan fingerprint density at radius 1 is 1.64 bits per heavy atom. The maximum absolute atomic E-state index is 11.7. The lowest BCUT2D eigenvalue weighted by Crippen LogP contribution is -2.05. The number of halogens is 1. The molecule has 0 fully saturated rings. The molecule has 0 aliphatic heterocycles. The van der Waals surface area contributed by atoms with Crippen molar-refractivity contribution < 1.29 is 4.39 Å². The zero-order valence-corrected chi connectivity index (χ0v) is 6.34. The van der Waals surface area contributed by atoms with Crippen molar-refractivity contribution >= 4 is 5.82 Å². The largest absolute Gasteiger partial charge is 0.367 e. The number of aryl methyl sites for hydroxylation is 1. The molecule has 0 unspecified atom stereocenters. The van der Waals surface area contributed by atoms with Crippen LogP contribution in [-0.2, 0) is 0 Å². The first-order valence-electron chi connectivity index (χ1n) is 3.42. The normalized spacial score (nSPS) is 9.64. The maximum atomic E-state index is 11.7. The van der Waals surface area contributed by atoms with E-state index in [-0.39, 0.29) is 6.67 Å². The SMILES string of the molecule is Cc1nccc(NCCF)n1. The number of anilines is 1. The van der Waals surface area contributed by atoms with Gasteiger partial charge in [0.1, 0.15) is 18.3 Å². The van der Waals surface area contributed by atoms with Gasteiger partial charge in [0, 0.05) is 12.7 Å². The summed E-state index contributed by atoms with van der Waals surface area (Å²) >= 11 is 0. The summed E-state index contributed by atoms with van der Waals surface area (Å²) in [6.07, 6.45) is 1.64. The van der Waals surface area contributed by atoms with Crippen LogP contribution in [-0.4, -0.2) is 23.2 Å². The van der Waals surface area contributed by atoms with Crippen LogP contribution < -0.4 is 5.32 Å². The molecule has 1 aromatic rings. The van der Waals surface area contributed by atoms with Gasteiger partial charge in [0.25, 0.3) is 0 Å². The second kappa shape index (κ2) is 3.85. The Bertz CT molecular complexity index is 227. The van der Waals surface area contributed by atoms with Gasteiger partial charge in [0.05, 0.1) is 0 Å². The summed E-state index contributed by atoms with van der Waals surface area (Å²) in [6.45, 7) is 1.71. The van der Waals surface area contributed by atoms with Gasteiger partial charge in [-0.1, -0.05) is 0 Å². The van der Waals surface area contributed by atoms with Crippen molar-refractivity contribution in [1.29, 1.82) is 0 Å². The Kier molecular flexibility index (Phi) is 2.77. The smallest absolute Gasteiger partial charge is 0.129 e. The number of hydrogen-bond donors (Lipinski definition) is 1. The van der Waals surface area contributed by atoms with Gasteiger partial charge in [-0.3, -0.25) is 0 Å². The van der Waals surface area contributed by atoms with E-state index in [0.717, 1.165) is 0 Å². The summed E-state index contributed by atoms with van der Waals surface area (Å²) in [5.74, 6) is 1.36. The highest BCUT2D eigenvalue weighted by molar-refractivity contribution is 5.32. The molecule has 3 nitrogen and oxygen atoms in total. The van der Waals surface area contributed by atoms with Crippen LogP contribution >= 0.6 is 0 Å². The van der Waals surface area contributed by atoms with Gasteiger partial charge in [-0.25, -0.2) is 14.4 Å². The highest BCUT2D eigenvalue weighted by Crippen LogP contribution is 1.99. The Balaban J connectivity index is 2.56. The second-order valence-electron chi connectivity index (χ2n) is 2.10. The molecule has 1 aromatic heterocycles. The molecule has 11 heavy (non-hydrogen) atoms. The number of rotatable bonds is 3. The van der Waals surface area contributed by atoms with Crippen LogP contribution in [0.15, 0.2) is 12.3 Å². The number of alkyl halides is 1. The predicted octanol–water partition coefficient (Wildman–Crippen LogP) is 1.17. The quantitative estimate of drug-likeness (QED) is 0.711. The number of nitrogens with zero attached hydrogens (tertiary/aromatic N) is 2. The number of hydrogen-bond acceptors (Lipinski definition) is 3. The Morgan fingerprint density at radius 2 is 2.45 bits per heavy atom. The molecule has 1 rings (SSSR count). The van der Waals surface area contributed by atoms with E-state index >= 15 is 0 Å². The number of aromatic nitrogens is 2. The van der Waals surface area contributed by atoms with E-state index in [1.807, 2.05) is 0 Å². The molecule has 0 amide bonds. The fourth-order valence-electron chi connectivity index (χ4n) is 0.730. The van der Waals surface area contributed by atoms with Crippen LogP contribution in [0.5, 0.6) is 0 Å². The van der Waals surface area contributed by atoms with Crippen LogP contribution in [0.25, 0.3) is 0 Å². The Hall–Kier alpha value is -1.19.